The Morgan fingerprint density at radius 3 is 2.00 bits per heavy atom. The zero-order valence-electron chi connectivity index (χ0n) is 16.3. The van der Waals surface area contributed by atoms with Crippen LogP contribution in [0.15, 0.2) is 24.3 Å². The molecule has 136 valence electrons. The van der Waals surface area contributed by atoms with Crippen molar-refractivity contribution in [3.63, 3.8) is 0 Å². The SMILES string of the molecule is CC(C)OCCN1CCN(Cc2ccc(CC(C)(C)C)cc2)CC1. The van der Waals surface area contributed by atoms with E-state index in [0.717, 1.165) is 52.3 Å². The molecule has 1 aliphatic rings. The van der Waals surface area contributed by atoms with E-state index in [2.05, 4.69) is 68.7 Å². The van der Waals surface area contributed by atoms with Gasteiger partial charge in [-0.2, -0.15) is 0 Å². The first-order valence-corrected chi connectivity index (χ1v) is 9.46. The van der Waals surface area contributed by atoms with Crippen molar-refractivity contribution in [2.45, 2.75) is 53.7 Å². The molecule has 0 atom stereocenters. The lowest BCUT2D eigenvalue weighted by Gasteiger charge is -2.34. The van der Waals surface area contributed by atoms with Gasteiger partial charge in [-0.1, -0.05) is 45.0 Å². The van der Waals surface area contributed by atoms with Crippen molar-refractivity contribution in [2.24, 2.45) is 5.41 Å². The zero-order valence-corrected chi connectivity index (χ0v) is 16.3. The molecule has 0 amide bonds. The van der Waals surface area contributed by atoms with Gasteiger partial charge in [0.25, 0.3) is 0 Å². The van der Waals surface area contributed by atoms with Gasteiger partial charge in [0.2, 0.25) is 0 Å². The van der Waals surface area contributed by atoms with Gasteiger partial charge in [0.1, 0.15) is 0 Å². The predicted molar refractivity (Wildman–Crippen MR) is 102 cm³/mol. The van der Waals surface area contributed by atoms with E-state index in [1.54, 1.807) is 0 Å². The van der Waals surface area contributed by atoms with Gasteiger partial charge in [-0.25, -0.2) is 0 Å². The van der Waals surface area contributed by atoms with E-state index in [1.807, 2.05) is 0 Å². The van der Waals surface area contributed by atoms with Crippen LogP contribution in [0.2, 0.25) is 0 Å². The molecular weight excluding hydrogens is 296 g/mol. The predicted octanol–water partition coefficient (Wildman–Crippen LogP) is 3.82. The van der Waals surface area contributed by atoms with Crippen LogP contribution in [0.3, 0.4) is 0 Å². The van der Waals surface area contributed by atoms with Crippen LogP contribution in [0.25, 0.3) is 0 Å². The number of ether oxygens (including phenoxy) is 1. The van der Waals surface area contributed by atoms with Crippen molar-refractivity contribution < 1.29 is 4.74 Å². The van der Waals surface area contributed by atoms with Gasteiger partial charge in [-0.15, -0.1) is 0 Å². The summed E-state index contributed by atoms with van der Waals surface area (Å²) in [4.78, 5) is 5.09. The summed E-state index contributed by atoms with van der Waals surface area (Å²) in [6.45, 7) is 18.7. The third-order valence-corrected chi connectivity index (χ3v) is 4.49. The van der Waals surface area contributed by atoms with Crippen molar-refractivity contribution in [1.29, 1.82) is 0 Å². The first kappa shape index (κ1) is 19.4. The van der Waals surface area contributed by atoms with E-state index < -0.39 is 0 Å². The Hall–Kier alpha value is -0.900. The molecule has 2 rings (SSSR count). The second-order valence-corrected chi connectivity index (χ2v) is 8.59. The van der Waals surface area contributed by atoms with Crippen LogP contribution < -0.4 is 0 Å². The standard InChI is InChI=1S/C21H36N2O/c1-18(2)24-15-14-22-10-12-23(13-11-22)17-20-8-6-19(7-9-20)16-21(3,4)5/h6-9,18H,10-17H2,1-5H3. The molecule has 1 saturated heterocycles. The summed E-state index contributed by atoms with van der Waals surface area (Å²) in [6.07, 6.45) is 1.48. The van der Waals surface area contributed by atoms with Crippen LogP contribution in [-0.2, 0) is 17.7 Å². The van der Waals surface area contributed by atoms with Gasteiger partial charge in [-0.3, -0.25) is 9.80 Å². The molecule has 0 bridgehead atoms. The Kier molecular flexibility index (Phi) is 7.27. The first-order chi connectivity index (χ1) is 11.3. The number of rotatable bonds is 7. The van der Waals surface area contributed by atoms with Gasteiger partial charge in [-0.05, 0) is 36.8 Å². The number of benzene rings is 1. The van der Waals surface area contributed by atoms with E-state index in [4.69, 9.17) is 4.74 Å². The maximum Gasteiger partial charge on any atom is 0.0596 e. The molecule has 0 aromatic heterocycles. The van der Waals surface area contributed by atoms with E-state index in [9.17, 15) is 0 Å². The normalized spacial score (nSPS) is 17.6. The van der Waals surface area contributed by atoms with Crippen molar-refractivity contribution in [3.8, 4) is 0 Å². The quantitative estimate of drug-likeness (QED) is 0.755. The summed E-state index contributed by atoms with van der Waals surface area (Å²) in [5, 5.41) is 0. The smallest absolute Gasteiger partial charge is 0.0596 e. The fraction of sp³-hybridized carbons (Fsp3) is 0.714. The van der Waals surface area contributed by atoms with Crippen LogP contribution >= 0.6 is 0 Å². The maximum absolute atomic E-state index is 5.66. The molecule has 0 unspecified atom stereocenters. The molecule has 3 heteroatoms. The molecule has 1 aliphatic heterocycles. The molecule has 0 spiro atoms. The number of hydrogen-bond donors (Lipinski definition) is 0. The summed E-state index contributed by atoms with van der Waals surface area (Å²) in [5.74, 6) is 0. The summed E-state index contributed by atoms with van der Waals surface area (Å²) in [5.41, 5.74) is 3.24. The minimum Gasteiger partial charge on any atom is -0.377 e. The monoisotopic (exact) mass is 332 g/mol. The molecule has 1 heterocycles. The molecule has 1 fully saturated rings. The fourth-order valence-corrected chi connectivity index (χ4v) is 3.22. The van der Waals surface area contributed by atoms with Crippen LogP contribution in [0.4, 0.5) is 0 Å². The van der Waals surface area contributed by atoms with Crippen molar-refractivity contribution >= 4 is 0 Å². The highest BCUT2D eigenvalue weighted by molar-refractivity contribution is 5.23. The molecule has 0 aliphatic carbocycles. The number of hydrogen-bond acceptors (Lipinski definition) is 3. The Balaban J connectivity index is 1.71. The van der Waals surface area contributed by atoms with E-state index in [1.165, 1.54) is 11.1 Å². The molecule has 0 radical (unpaired) electrons. The van der Waals surface area contributed by atoms with Crippen molar-refractivity contribution in [3.05, 3.63) is 35.4 Å². The third-order valence-electron chi connectivity index (χ3n) is 4.49. The second kappa shape index (κ2) is 8.98. The van der Waals surface area contributed by atoms with Crippen LogP contribution in [0, 0.1) is 5.41 Å². The van der Waals surface area contributed by atoms with Crippen molar-refractivity contribution in [1.82, 2.24) is 9.80 Å². The first-order valence-electron chi connectivity index (χ1n) is 9.46. The highest BCUT2D eigenvalue weighted by Crippen LogP contribution is 2.21. The Morgan fingerprint density at radius 1 is 0.917 bits per heavy atom. The molecule has 24 heavy (non-hydrogen) atoms. The van der Waals surface area contributed by atoms with Gasteiger partial charge < -0.3 is 4.74 Å². The minimum atomic E-state index is 0.340. The van der Waals surface area contributed by atoms with Crippen LogP contribution in [0.5, 0.6) is 0 Å². The summed E-state index contributed by atoms with van der Waals surface area (Å²) < 4.78 is 5.66. The van der Waals surface area contributed by atoms with Crippen LogP contribution in [0.1, 0.15) is 45.7 Å². The average molecular weight is 333 g/mol. The Bertz CT molecular complexity index is 468. The van der Waals surface area contributed by atoms with Gasteiger partial charge in [0, 0.05) is 39.3 Å². The van der Waals surface area contributed by atoms with E-state index in [0.29, 0.717) is 11.5 Å². The molecule has 3 nitrogen and oxygen atoms in total. The lowest BCUT2D eigenvalue weighted by molar-refractivity contribution is 0.0437. The van der Waals surface area contributed by atoms with Gasteiger partial charge in [0.15, 0.2) is 0 Å². The third kappa shape index (κ3) is 7.33. The van der Waals surface area contributed by atoms with Crippen molar-refractivity contribution in [2.75, 3.05) is 39.3 Å². The lowest BCUT2D eigenvalue weighted by Crippen LogP contribution is -2.46. The van der Waals surface area contributed by atoms with E-state index >= 15 is 0 Å². The average Bonchev–Trinajstić information content (AvgIpc) is 2.49. The summed E-state index contributed by atoms with van der Waals surface area (Å²) >= 11 is 0. The molecule has 0 N–H and O–H groups in total. The topological polar surface area (TPSA) is 15.7 Å². The lowest BCUT2D eigenvalue weighted by atomic mass is 9.88. The number of nitrogens with zero attached hydrogens (tertiary/aromatic N) is 2. The molecule has 1 aromatic carbocycles. The highest BCUT2D eigenvalue weighted by atomic mass is 16.5. The molecular formula is C21H36N2O. The largest absolute Gasteiger partial charge is 0.377 e. The van der Waals surface area contributed by atoms with Gasteiger partial charge in [0.05, 0.1) is 12.7 Å². The summed E-state index contributed by atoms with van der Waals surface area (Å²) in [7, 11) is 0. The minimum absolute atomic E-state index is 0.340. The highest BCUT2D eigenvalue weighted by Gasteiger charge is 2.17. The number of piperazine rings is 1. The van der Waals surface area contributed by atoms with Crippen LogP contribution in [-0.4, -0.2) is 55.2 Å². The zero-order chi connectivity index (χ0) is 17.6. The molecule has 1 aromatic rings. The van der Waals surface area contributed by atoms with E-state index in [-0.39, 0.29) is 0 Å². The maximum atomic E-state index is 5.66. The second-order valence-electron chi connectivity index (χ2n) is 8.59. The molecule has 0 saturated carbocycles. The summed E-state index contributed by atoms with van der Waals surface area (Å²) in [6, 6.07) is 9.23. The van der Waals surface area contributed by atoms with Gasteiger partial charge >= 0.3 is 0 Å². The Labute approximate surface area is 149 Å². The fourth-order valence-electron chi connectivity index (χ4n) is 3.22. The Morgan fingerprint density at radius 2 is 1.46 bits per heavy atom.